The monoisotopic (exact) mass is 199 g/mol. The van der Waals surface area contributed by atoms with Crippen LogP contribution in [0.5, 0.6) is 0 Å². The Balaban J connectivity index is 0. The molecule has 1 aromatic rings. The highest BCUT2D eigenvalue weighted by Crippen LogP contribution is 2.20. The van der Waals surface area contributed by atoms with Crippen LogP contribution in [0.3, 0.4) is 0 Å². The molecule has 2 heteroatoms. The number of halogens is 1. The van der Waals surface area contributed by atoms with Gasteiger partial charge in [-0.05, 0) is 36.1 Å². The van der Waals surface area contributed by atoms with Gasteiger partial charge in [-0.2, -0.15) is 0 Å². The molecule has 0 saturated carbocycles. The maximum Gasteiger partial charge on any atom is 0.123 e. The molecule has 0 unspecified atom stereocenters. The Labute approximate surface area is 87.6 Å². The standard InChI is InChI=1S/C10H14FN.C2H6.H2/c1-3-7-5-9(11)6-8(4-2)10(7)12;1-2;/h5-6H,3-4,12H2,1-2H3;1-2H3;1H. The highest BCUT2D eigenvalue weighted by molar-refractivity contribution is 5.54. The molecule has 0 fully saturated rings. The molecule has 0 amide bonds. The Morgan fingerprint density at radius 3 is 1.79 bits per heavy atom. The maximum absolute atomic E-state index is 12.9. The minimum atomic E-state index is -0.182. The summed E-state index contributed by atoms with van der Waals surface area (Å²) < 4.78 is 12.9. The van der Waals surface area contributed by atoms with Crippen molar-refractivity contribution >= 4 is 5.69 Å². The van der Waals surface area contributed by atoms with E-state index in [0.29, 0.717) is 0 Å². The van der Waals surface area contributed by atoms with E-state index in [0.717, 1.165) is 29.7 Å². The van der Waals surface area contributed by atoms with Crippen molar-refractivity contribution in [3.05, 3.63) is 29.1 Å². The third-order valence-corrected chi connectivity index (χ3v) is 2.08. The molecule has 1 nitrogen and oxygen atoms in total. The largest absolute Gasteiger partial charge is 0.398 e. The number of benzene rings is 1. The van der Waals surface area contributed by atoms with Gasteiger partial charge in [-0.1, -0.05) is 27.7 Å². The minimum Gasteiger partial charge on any atom is -0.398 e. The number of nitrogen functional groups attached to an aromatic ring is 1. The van der Waals surface area contributed by atoms with Crippen molar-refractivity contribution in [2.24, 2.45) is 0 Å². The molecule has 1 rings (SSSR count). The van der Waals surface area contributed by atoms with Gasteiger partial charge in [0.05, 0.1) is 0 Å². The zero-order valence-electron chi connectivity index (χ0n) is 9.52. The molecule has 14 heavy (non-hydrogen) atoms. The number of hydrogen-bond donors (Lipinski definition) is 1. The van der Waals surface area contributed by atoms with Crippen molar-refractivity contribution in [1.29, 1.82) is 0 Å². The van der Waals surface area contributed by atoms with Crippen molar-refractivity contribution in [2.75, 3.05) is 5.73 Å². The number of rotatable bonds is 2. The summed E-state index contributed by atoms with van der Waals surface area (Å²) in [5.41, 5.74) is 8.38. The van der Waals surface area contributed by atoms with Crippen molar-refractivity contribution in [3.8, 4) is 0 Å². The molecular formula is C12H22FN. The molecular weight excluding hydrogens is 177 g/mol. The summed E-state index contributed by atoms with van der Waals surface area (Å²) in [5, 5.41) is 0. The summed E-state index contributed by atoms with van der Waals surface area (Å²) >= 11 is 0. The van der Waals surface area contributed by atoms with Crippen LogP contribution in [0, 0.1) is 5.82 Å². The lowest BCUT2D eigenvalue weighted by atomic mass is 10.0. The van der Waals surface area contributed by atoms with E-state index in [9.17, 15) is 4.39 Å². The van der Waals surface area contributed by atoms with E-state index in [4.69, 9.17) is 5.73 Å². The van der Waals surface area contributed by atoms with Crippen molar-refractivity contribution in [3.63, 3.8) is 0 Å². The number of anilines is 1. The fraction of sp³-hybridized carbons (Fsp3) is 0.500. The first-order valence-electron chi connectivity index (χ1n) is 5.25. The Bertz CT molecular complexity index is 262. The summed E-state index contributed by atoms with van der Waals surface area (Å²) in [5.74, 6) is -0.182. The molecule has 0 saturated heterocycles. The van der Waals surface area contributed by atoms with E-state index in [1.54, 1.807) is 0 Å². The molecule has 2 N–H and O–H groups in total. The van der Waals surface area contributed by atoms with Gasteiger partial charge in [0.2, 0.25) is 0 Å². The topological polar surface area (TPSA) is 26.0 Å². The summed E-state index contributed by atoms with van der Waals surface area (Å²) in [7, 11) is 0. The van der Waals surface area contributed by atoms with Gasteiger partial charge in [-0.15, -0.1) is 0 Å². The van der Waals surface area contributed by atoms with Crippen molar-refractivity contribution in [1.82, 2.24) is 0 Å². The molecule has 0 heterocycles. The van der Waals surface area contributed by atoms with Crippen LogP contribution in [0.25, 0.3) is 0 Å². The first-order valence-corrected chi connectivity index (χ1v) is 5.25. The second-order valence-electron chi connectivity index (χ2n) is 2.84. The van der Waals surface area contributed by atoms with Crippen LogP contribution in [0.4, 0.5) is 10.1 Å². The molecule has 0 aliphatic carbocycles. The van der Waals surface area contributed by atoms with Crippen LogP contribution in [0.1, 0.15) is 40.2 Å². The summed E-state index contributed by atoms with van der Waals surface area (Å²) in [6.45, 7) is 7.95. The Morgan fingerprint density at radius 2 is 1.50 bits per heavy atom. The van der Waals surface area contributed by atoms with Crippen LogP contribution in [0.2, 0.25) is 0 Å². The highest BCUT2D eigenvalue weighted by atomic mass is 19.1. The van der Waals surface area contributed by atoms with Crippen LogP contribution >= 0.6 is 0 Å². The van der Waals surface area contributed by atoms with E-state index >= 15 is 0 Å². The average molecular weight is 199 g/mol. The normalized spacial score (nSPS) is 9.21. The number of nitrogens with two attached hydrogens (primary N) is 1. The zero-order chi connectivity index (χ0) is 11.1. The highest BCUT2D eigenvalue weighted by Gasteiger charge is 2.04. The molecule has 0 aliphatic heterocycles. The number of aryl methyl sites for hydroxylation is 2. The summed E-state index contributed by atoms with van der Waals surface area (Å²) in [6, 6.07) is 3.02. The molecule has 1 aromatic carbocycles. The maximum atomic E-state index is 12.9. The van der Waals surface area contributed by atoms with Gasteiger partial charge in [0.25, 0.3) is 0 Å². The van der Waals surface area contributed by atoms with E-state index in [2.05, 4.69) is 0 Å². The van der Waals surface area contributed by atoms with Gasteiger partial charge in [-0.3, -0.25) is 0 Å². The lowest BCUT2D eigenvalue weighted by Crippen LogP contribution is -1.99. The molecule has 0 radical (unpaired) electrons. The zero-order valence-corrected chi connectivity index (χ0v) is 9.52. The van der Waals surface area contributed by atoms with E-state index in [1.807, 2.05) is 27.7 Å². The van der Waals surface area contributed by atoms with Crippen LogP contribution in [-0.2, 0) is 12.8 Å². The fourth-order valence-electron chi connectivity index (χ4n) is 1.32. The van der Waals surface area contributed by atoms with E-state index in [-0.39, 0.29) is 7.24 Å². The second-order valence-corrected chi connectivity index (χ2v) is 2.84. The predicted octanol–water partition coefficient (Wildman–Crippen LogP) is 3.80. The lowest BCUT2D eigenvalue weighted by molar-refractivity contribution is 0.624. The van der Waals surface area contributed by atoms with Gasteiger partial charge < -0.3 is 5.73 Å². The number of hydrogen-bond acceptors (Lipinski definition) is 1. The molecule has 0 aliphatic rings. The Hall–Kier alpha value is -1.05. The Morgan fingerprint density at radius 1 is 1.14 bits per heavy atom. The Kier molecular flexibility index (Phi) is 5.93. The molecule has 0 atom stereocenters. The fourth-order valence-corrected chi connectivity index (χ4v) is 1.32. The second kappa shape index (κ2) is 6.41. The van der Waals surface area contributed by atoms with Gasteiger partial charge in [-0.25, -0.2) is 4.39 Å². The van der Waals surface area contributed by atoms with Gasteiger partial charge in [0.15, 0.2) is 0 Å². The molecule has 0 bridgehead atoms. The third kappa shape index (κ3) is 3.02. The SMILES string of the molecule is CC.CCc1cc(F)cc(CC)c1N.[HH]. The van der Waals surface area contributed by atoms with E-state index < -0.39 is 0 Å². The van der Waals surface area contributed by atoms with Crippen LogP contribution < -0.4 is 5.73 Å². The quantitative estimate of drug-likeness (QED) is 0.720. The molecule has 0 spiro atoms. The minimum absolute atomic E-state index is 0. The van der Waals surface area contributed by atoms with E-state index in [1.165, 1.54) is 12.1 Å². The summed E-state index contributed by atoms with van der Waals surface area (Å²) in [4.78, 5) is 0. The third-order valence-electron chi connectivity index (χ3n) is 2.08. The first kappa shape index (κ1) is 12.9. The van der Waals surface area contributed by atoms with Gasteiger partial charge in [0, 0.05) is 7.11 Å². The lowest BCUT2D eigenvalue weighted by Gasteiger charge is -2.07. The molecule has 0 aromatic heterocycles. The summed E-state index contributed by atoms with van der Waals surface area (Å²) in [6.07, 6.45) is 1.58. The predicted molar refractivity (Wildman–Crippen MR) is 63.0 cm³/mol. The van der Waals surface area contributed by atoms with Crippen LogP contribution in [-0.4, -0.2) is 0 Å². The van der Waals surface area contributed by atoms with Crippen molar-refractivity contribution in [2.45, 2.75) is 40.5 Å². The smallest absolute Gasteiger partial charge is 0.123 e. The molecule has 82 valence electrons. The van der Waals surface area contributed by atoms with Gasteiger partial charge >= 0.3 is 0 Å². The first-order chi connectivity index (χ1) is 6.69. The van der Waals surface area contributed by atoms with Gasteiger partial charge in [0.1, 0.15) is 5.82 Å². The van der Waals surface area contributed by atoms with Crippen LogP contribution in [0.15, 0.2) is 12.1 Å². The average Bonchev–Trinajstić information content (AvgIpc) is 2.23. The van der Waals surface area contributed by atoms with Crippen molar-refractivity contribution < 1.29 is 5.82 Å².